The van der Waals surface area contributed by atoms with Crippen molar-refractivity contribution in [2.45, 2.75) is 13.0 Å². The van der Waals surface area contributed by atoms with Gasteiger partial charge in [-0.3, -0.25) is 9.78 Å². The number of rotatable bonds is 1. The topological polar surface area (TPSA) is 45.2 Å². The van der Waals surface area contributed by atoms with Crippen LogP contribution in [0.15, 0.2) is 11.7 Å². The highest BCUT2D eigenvalue weighted by Gasteiger charge is 2.43. The van der Waals surface area contributed by atoms with E-state index < -0.39 is 0 Å². The molecule has 2 aliphatic rings. The van der Waals surface area contributed by atoms with Gasteiger partial charge in [-0.2, -0.15) is 0 Å². The lowest BCUT2D eigenvalue weighted by Crippen LogP contribution is -2.37. The van der Waals surface area contributed by atoms with Gasteiger partial charge in [-0.1, -0.05) is 0 Å². The second-order valence-corrected chi connectivity index (χ2v) is 5.53. The van der Waals surface area contributed by atoms with E-state index in [-0.39, 0.29) is 5.91 Å². The van der Waals surface area contributed by atoms with E-state index in [4.69, 9.17) is 0 Å². The van der Waals surface area contributed by atoms with E-state index in [1.165, 1.54) is 11.3 Å². The Bertz CT molecular complexity index is 392. The van der Waals surface area contributed by atoms with E-state index >= 15 is 0 Å². The van der Waals surface area contributed by atoms with Gasteiger partial charge in [-0.05, 0) is 18.8 Å². The van der Waals surface area contributed by atoms with Gasteiger partial charge in [0.2, 0.25) is 0 Å². The fourth-order valence-electron chi connectivity index (χ4n) is 2.90. The first-order chi connectivity index (χ1) is 7.77. The summed E-state index contributed by atoms with van der Waals surface area (Å²) in [5, 5.41) is 3.40. The summed E-state index contributed by atoms with van der Waals surface area (Å²) < 4.78 is 0. The van der Waals surface area contributed by atoms with Crippen LogP contribution in [0, 0.1) is 11.8 Å². The SMILES string of the molecule is CC1C2CNCC2CN1C(=O)c1cncs1. The quantitative estimate of drug-likeness (QED) is 0.786. The first-order valence-electron chi connectivity index (χ1n) is 5.67. The monoisotopic (exact) mass is 237 g/mol. The lowest BCUT2D eigenvalue weighted by molar-refractivity contribution is 0.0733. The molecule has 0 aromatic carbocycles. The third-order valence-electron chi connectivity index (χ3n) is 3.84. The van der Waals surface area contributed by atoms with Gasteiger partial charge in [-0.15, -0.1) is 11.3 Å². The predicted molar refractivity (Wildman–Crippen MR) is 62.5 cm³/mol. The molecule has 3 atom stereocenters. The molecular weight excluding hydrogens is 222 g/mol. The summed E-state index contributed by atoms with van der Waals surface area (Å²) in [7, 11) is 0. The number of carbonyl (C=O) groups excluding carboxylic acids is 1. The number of aromatic nitrogens is 1. The van der Waals surface area contributed by atoms with Crippen molar-refractivity contribution in [3.63, 3.8) is 0 Å². The number of nitrogens with zero attached hydrogens (tertiary/aromatic N) is 2. The lowest BCUT2D eigenvalue weighted by Gasteiger charge is -2.23. The van der Waals surface area contributed by atoms with Gasteiger partial charge in [0.25, 0.3) is 5.91 Å². The minimum atomic E-state index is 0.157. The number of likely N-dealkylation sites (tertiary alicyclic amines) is 1. The molecule has 1 aromatic heterocycles. The molecule has 2 fully saturated rings. The Morgan fingerprint density at radius 1 is 1.62 bits per heavy atom. The zero-order chi connectivity index (χ0) is 11.1. The Hall–Kier alpha value is -0.940. The Balaban J connectivity index is 1.79. The molecule has 4 nitrogen and oxygen atoms in total. The summed E-state index contributed by atoms with van der Waals surface area (Å²) in [6.45, 7) is 5.17. The van der Waals surface area contributed by atoms with E-state index in [1.54, 1.807) is 11.7 Å². The zero-order valence-electron chi connectivity index (χ0n) is 9.22. The molecule has 1 N–H and O–H groups in total. The van der Waals surface area contributed by atoms with Crippen LogP contribution in [-0.4, -0.2) is 41.5 Å². The Morgan fingerprint density at radius 2 is 2.50 bits per heavy atom. The van der Waals surface area contributed by atoms with Gasteiger partial charge >= 0.3 is 0 Å². The number of amides is 1. The normalized spacial score (nSPS) is 33.1. The van der Waals surface area contributed by atoms with Crippen LogP contribution in [0.4, 0.5) is 0 Å². The Labute approximate surface area is 98.7 Å². The highest BCUT2D eigenvalue weighted by molar-refractivity contribution is 7.11. The lowest BCUT2D eigenvalue weighted by atomic mass is 9.95. The molecule has 3 rings (SSSR count). The van der Waals surface area contributed by atoms with Crippen molar-refractivity contribution in [2.24, 2.45) is 11.8 Å². The van der Waals surface area contributed by atoms with Crippen molar-refractivity contribution < 1.29 is 4.79 Å². The second kappa shape index (κ2) is 3.82. The largest absolute Gasteiger partial charge is 0.335 e. The van der Waals surface area contributed by atoms with Crippen molar-refractivity contribution in [3.05, 3.63) is 16.6 Å². The molecule has 86 valence electrons. The van der Waals surface area contributed by atoms with Crippen molar-refractivity contribution in [3.8, 4) is 0 Å². The Morgan fingerprint density at radius 3 is 3.19 bits per heavy atom. The molecule has 0 radical (unpaired) electrons. The van der Waals surface area contributed by atoms with Gasteiger partial charge in [0.05, 0.1) is 11.7 Å². The fraction of sp³-hybridized carbons (Fsp3) is 0.636. The highest BCUT2D eigenvalue weighted by atomic mass is 32.1. The summed E-state index contributed by atoms with van der Waals surface area (Å²) in [5.41, 5.74) is 1.72. The molecule has 3 unspecified atom stereocenters. The maximum atomic E-state index is 12.2. The standard InChI is InChI=1S/C11H15N3OS/c1-7-9-3-12-2-8(9)5-14(7)11(15)10-4-13-6-16-10/h4,6-9,12H,2-3,5H2,1H3. The van der Waals surface area contributed by atoms with E-state index in [9.17, 15) is 4.79 Å². The Kier molecular flexibility index (Phi) is 2.44. The molecule has 3 heterocycles. The maximum absolute atomic E-state index is 12.2. The van der Waals surface area contributed by atoms with Crippen LogP contribution < -0.4 is 5.32 Å². The van der Waals surface area contributed by atoms with E-state index in [1.807, 2.05) is 4.90 Å². The third-order valence-corrected chi connectivity index (χ3v) is 4.60. The summed E-state index contributed by atoms with van der Waals surface area (Å²) in [6.07, 6.45) is 1.67. The summed E-state index contributed by atoms with van der Waals surface area (Å²) >= 11 is 1.43. The molecule has 5 heteroatoms. The van der Waals surface area contributed by atoms with Crippen molar-refractivity contribution in [1.29, 1.82) is 0 Å². The molecule has 0 bridgehead atoms. The van der Waals surface area contributed by atoms with Gasteiger partial charge in [0, 0.05) is 25.7 Å². The van der Waals surface area contributed by atoms with Gasteiger partial charge in [0.15, 0.2) is 0 Å². The number of fused-ring (bicyclic) bond motifs is 1. The molecule has 0 aliphatic carbocycles. The third kappa shape index (κ3) is 1.46. The number of nitrogens with one attached hydrogen (secondary N) is 1. The highest BCUT2D eigenvalue weighted by Crippen LogP contribution is 2.33. The van der Waals surface area contributed by atoms with Crippen LogP contribution in [0.3, 0.4) is 0 Å². The minimum Gasteiger partial charge on any atom is -0.335 e. The van der Waals surface area contributed by atoms with Crippen molar-refractivity contribution in [1.82, 2.24) is 15.2 Å². The van der Waals surface area contributed by atoms with Crippen LogP contribution in [0.2, 0.25) is 0 Å². The molecule has 0 saturated carbocycles. The van der Waals surface area contributed by atoms with Crippen molar-refractivity contribution in [2.75, 3.05) is 19.6 Å². The molecule has 0 spiro atoms. The van der Waals surface area contributed by atoms with Gasteiger partial charge in [-0.25, -0.2) is 0 Å². The summed E-state index contributed by atoms with van der Waals surface area (Å²) in [5.74, 6) is 1.44. The smallest absolute Gasteiger partial charge is 0.265 e. The molecule has 2 aliphatic heterocycles. The first kappa shape index (κ1) is 10.2. The first-order valence-corrected chi connectivity index (χ1v) is 6.55. The number of carbonyl (C=O) groups is 1. The van der Waals surface area contributed by atoms with E-state index in [0.717, 1.165) is 24.5 Å². The molecule has 1 aromatic rings. The molecule has 16 heavy (non-hydrogen) atoms. The fourth-order valence-corrected chi connectivity index (χ4v) is 3.47. The van der Waals surface area contributed by atoms with Crippen LogP contribution in [0.5, 0.6) is 0 Å². The zero-order valence-corrected chi connectivity index (χ0v) is 10.0. The number of hydrogen-bond acceptors (Lipinski definition) is 4. The minimum absolute atomic E-state index is 0.157. The number of thiazole rings is 1. The van der Waals surface area contributed by atoms with E-state index in [2.05, 4.69) is 17.2 Å². The second-order valence-electron chi connectivity index (χ2n) is 4.65. The van der Waals surface area contributed by atoms with Gasteiger partial charge < -0.3 is 10.2 Å². The molecule has 1 amide bonds. The average Bonchev–Trinajstić information content (AvgIpc) is 2.95. The summed E-state index contributed by atoms with van der Waals surface area (Å²) in [6, 6.07) is 0.356. The number of hydrogen-bond donors (Lipinski definition) is 1. The van der Waals surface area contributed by atoms with Crippen LogP contribution >= 0.6 is 11.3 Å². The predicted octanol–water partition coefficient (Wildman–Crippen LogP) is 0.823. The summed E-state index contributed by atoms with van der Waals surface area (Å²) in [4.78, 5) is 19.0. The van der Waals surface area contributed by atoms with Crippen molar-refractivity contribution >= 4 is 17.2 Å². The van der Waals surface area contributed by atoms with Crippen LogP contribution in [0.25, 0.3) is 0 Å². The van der Waals surface area contributed by atoms with Crippen LogP contribution in [0.1, 0.15) is 16.6 Å². The average molecular weight is 237 g/mol. The molecular formula is C11H15N3OS. The van der Waals surface area contributed by atoms with Crippen LogP contribution in [-0.2, 0) is 0 Å². The maximum Gasteiger partial charge on any atom is 0.265 e. The van der Waals surface area contributed by atoms with Gasteiger partial charge in [0.1, 0.15) is 4.88 Å². The molecule has 2 saturated heterocycles. The van der Waals surface area contributed by atoms with E-state index in [0.29, 0.717) is 17.9 Å².